The molecule has 0 aliphatic carbocycles. The summed E-state index contributed by atoms with van der Waals surface area (Å²) in [5.74, 6) is 0. The summed E-state index contributed by atoms with van der Waals surface area (Å²) in [5, 5.41) is 1.22. The Morgan fingerprint density at radius 1 is 1.14 bits per heavy atom. The van der Waals surface area contributed by atoms with Crippen LogP contribution >= 0.6 is 0 Å². The van der Waals surface area contributed by atoms with Gasteiger partial charge in [0, 0.05) is 31.4 Å². The van der Waals surface area contributed by atoms with E-state index in [0.29, 0.717) is 0 Å². The fourth-order valence-corrected chi connectivity index (χ4v) is 1.69. The Bertz CT molecular complexity index is 461. The number of aryl methyl sites for hydroxylation is 1. The lowest BCUT2D eigenvalue weighted by Gasteiger charge is -2.15. The first kappa shape index (κ1) is 9.00. The summed E-state index contributed by atoms with van der Waals surface area (Å²) in [4.78, 5) is 6.51. The Labute approximate surface area is 84.2 Å². The molecule has 1 heterocycles. The molecule has 0 saturated carbocycles. The highest BCUT2D eigenvalue weighted by Gasteiger charge is 2.04. The van der Waals surface area contributed by atoms with Crippen LogP contribution in [0.5, 0.6) is 0 Å². The van der Waals surface area contributed by atoms with Gasteiger partial charge in [-0.3, -0.25) is 4.98 Å². The van der Waals surface area contributed by atoms with Crippen molar-refractivity contribution in [3.63, 3.8) is 0 Å². The van der Waals surface area contributed by atoms with Gasteiger partial charge in [-0.2, -0.15) is 0 Å². The van der Waals surface area contributed by atoms with E-state index in [1.54, 1.807) is 0 Å². The van der Waals surface area contributed by atoms with Crippen molar-refractivity contribution in [2.45, 2.75) is 6.92 Å². The van der Waals surface area contributed by atoms with Gasteiger partial charge in [-0.1, -0.05) is 6.07 Å². The van der Waals surface area contributed by atoms with Gasteiger partial charge in [-0.15, -0.1) is 0 Å². The summed E-state index contributed by atoms with van der Waals surface area (Å²) in [6.45, 7) is 2.09. The van der Waals surface area contributed by atoms with Crippen LogP contribution in [0, 0.1) is 6.92 Å². The minimum atomic E-state index is 1.10. The summed E-state index contributed by atoms with van der Waals surface area (Å²) in [7, 11) is 4.11. The Morgan fingerprint density at radius 2 is 1.93 bits per heavy atom. The van der Waals surface area contributed by atoms with Crippen LogP contribution in [0.25, 0.3) is 10.9 Å². The quantitative estimate of drug-likeness (QED) is 0.680. The highest BCUT2D eigenvalue weighted by molar-refractivity contribution is 5.93. The summed E-state index contributed by atoms with van der Waals surface area (Å²) in [6, 6.07) is 8.35. The second-order valence-electron chi connectivity index (χ2n) is 3.70. The standard InChI is InChI=1S/C12H14N2/c1-9-6-7-11(14(2)3)10-5-4-8-13-12(9)10/h4-8H,1-3H3. The van der Waals surface area contributed by atoms with E-state index < -0.39 is 0 Å². The van der Waals surface area contributed by atoms with Gasteiger partial charge < -0.3 is 4.90 Å². The Balaban J connectivity index is 2.82. The third kappa shape index (κ3) is 1.33. The van der Waals surface area contributed by atoms with E-state index in [-0.39, 0.29) is 0 Å². The maximum absolute atomic E-state index is 4.40. The molecule has 2 nitrogen and oxygen atoms in total. The molecule has 2 rings (SSSR count). The van der Waals surface area contributed by atoms with Crippen molar-refractivity contribution in [2.24, 2.45) is 0 Å². The summed E-state index contributed by atoms with van der Waals surface area (Å²) in [5.41, 5.74) is 3.55. The van der Waals surface area contributed by atoms with Gasteiger partial charge in [0.1, 0.15) is 0 Å². The van der Waals surface area contributed by atoms with Crippen molar-refractivity contribution < 1.29 is 0 Å². The van der Waals surface area contributed by atoms with Gasteiger partial charge in [0.25, 0.3) is 0 Å². The molecule has 2 heteroatoms. The molecule has 0 saturated heterocycles. The van der Waals surface area contributed by atoms with Gasteiger partial charge in [0.2, 0.25) is 0 Å². The number of anilines is 1. The summed E-state index contributed by atoms with van der Waals surface area (Å²) >= 11 is 0. The lowest BCUT2D eigenvalue weighted by atomic mass is 10.1. The molecule has 14 heavy (non-hydrogen) atoms. The van der Waals surface area contributed by atoms with Crippen molar-refractivity contribution in [3.8, 4) is 0 Å². The lowest BCUT2D eigenvalue weighted by molar-refractivity contribution is 1.14. The maximum atomic E-state index is 4.40. The minimum Gasteiger partial charge on any atom is -0.377 e. The van der Waals surface area contributed by atoms with Crippen molar-refractivity contribution in [1.29, 1.82) is 0 Å². The van der Waals surface area contributed by atoms with Crippen LogP contribution < -0.4 is 4.90 Å². The molecule has 0 spiro atoms. The SMILES string of the molecule is Cc1ccc(N(C)C)c2cccnc12. The zero-order valence-corrected chi connectivity index (χ0v) is 8.78. The Kier molecular flexibility index (Phi) is 2.12. The second-order valence-corrected chi connectivity index (χ2v) is 3.70. The predicted octanol–water partition coefficient (Wildman–Crippen LogP) is 2.61. The van der Waals surface area contributed by atoms with E-state index in [0.717, 1.165) is 5.52 Å². The van der Waals surface area contributed by atoms with Gasteiger partial charge in [-0.05, 0) is 30.7 Å². The van der Waals surface area contributed by atoms with Gasteiger partial charge in [0.15, 0.2) is 0 Å². The molecule has 0 fully saturated rings. The average Bonchev–Trinajstić information content (AvgIpc) is 2.18. The number of pyridine rings is 1. The monoisotopic (exact) mass is 186 g/mol. The van der Waals surface area contributed by atoms with Crippen LogP contribution in [0.4, 0.5) is 5.69 Å². The number of nitrogens with zero attached hydrogens (tertiary/aromatic N) is 2. The van der Waals surface area contributed by atoms with Crippen molar-refractivity contribution >= 4 is 16.6 Å². The molecule has 0 N–H and O–H groups in total. The van der Waals surface area contributed by atoms with E-state index in [1.807, 2.05) is 12.3 Å². The van der Waals surface area contributed by atoms with Crippen molar-refractivity contribution in [1.82, 2.24) is 4.98 Å². The van der Waals surface area contributed by atoms with E-state index in [2.05, 4.69) is 49.1 Å². The fourth-order valence-electron chi connectivity index (χ4n) is 1.69. The molecule has 1 aromatic heterocycles. The molecule has 0 bridgehead atoms. The van der Waals surface area contributed by atoms with Gasteiger partial charge in [0.05, 0.1) is 5.52 Å². The first-order valence-corrected chi connectivity index (χ1v) is 4.72. The van der Waals surface area contributed by atoms with Crippen molar-refractivity contribution in [2.75, 3.05) is 19.0 Å². The largest absolute Gasteiger partial charge is 0.377 e. The number of aromatic nitrogens is 1. The molecule has 0 atom stereocenters. The molecule has 0 amide bonds. The summed E-state index contributed by atoms with van der Waals surface area (Å²) in [6.07, 6.45) is 1.84. The van der Waals surface area contributed by atoms with Crippen LogP contribution in [-0.4, -0.2) is 19.1 Å². The fraction of sp³-hybridized carbons (Fsp3) is 0.250. The smallest absolute Gasteiger partial charge is 0.0751 e. The molecule has 0 aliphatic rings. The van der Waals surface area contributed by atoms with Crippen LogP contribution in [0.2, 0.25) is 0 Å². The van der Waals surface area contributed by atoms with E-state index >= 15 is 0 Å². The van der Waals surface area contributed by atoms with Crippen LogP contribution in [-0.2, 0) is 0 Å². The number of hydrogen-bond donors (Lipinski definition) is 0. The molecule has 0 aliphatic heterocycles. The lowest BCUT2D eigenvalue weighted by Crippen LogP contribution is -2.09. The van der Waals surface area contributed by atoms with E-state index in [1.165, 1.54) is 16.6 Å². The Morgan fingerprint density at radius 3 is 2.64 bits per heavy atom. The third-order valence-electron chi connectivity index (χ3n) is 2.43. The molecule has 0 unspecified atom stereocenters. The highest BCUT2D eigenvalue weighted by atomic mass is 15.1. The van der Waals surface area contributed by atoms with Crippen LogP contribution in [0.15, 0.2) is 30.5 Å². The molecule has 1 aromatic carbocycles. The summed E-state index contributed by atoms with van der Waals surface area (Å²) < 4.78 is 0. The highest BCUT2D eigenvalue weighted by Crippen LogP contribution is 2.25. The topological polar surface area (TPSA) is 16.1 Å². The normalized spacial score (nSPS) is 10.5. The van der Waals surface area contributed by atoms with E-state index in [9.17, 15) is 0 Å². The zero-order chi connectivity index (χ0) is 10.1. The zero-order valence-electron chi connectivity index (χ0n) is 8.78. The van der Waals surface area contributed by atoms with Gasteiger partial charge >= 0.3 is 0 Å². The third-order valence-corrected chi connectivity index (χ3v) is 2.43. The van der Waals surface area contributed by atoms with E-state index in [4.69, 9.17) is 0 Å². The predicted molar refractivity (Wildman–Crippen MR) is 60.8 cm³/mol. The molecular formula is C12H14N2. The number of hydrogen-bond acceptors (Lipinski definition) is 2. The van der Waals surface area contributed by atoms with Crippen molar-refractivity contribution in [3.05, 3.63) is 36.0 Å². The maximum Gasteiger partial charge on any atom is 0.0751 e. The molecule has 72 valence electrons. The van der Waals surface area contributed by atoms with Crippen LogP contribution in [0.3, 0.4) is 0 Å². The minimum absolute atomic E-state index is 1.10. The molecular weight excluding hydrogens is 172 g/mol. The first-order chi connectivity index (χ1) is 6.70. The number of benzene rings is 1. The first-order valence-electron chi connectivity index (χ1n) is 4.72. The number of rotatable bonds is 1. The second kappa shape index (κ2) is 3.29. The molecule has 0 radical (unpaired) electrons. The average molecular weight is 186 g/mol. The Hall–Kier alpha value is -1.57. The van der Waals surface area contributed by atoms with Crippen LogP contribution in [0.1, 0.15) is 5.56 Å². The number of fused-ring (bicyclic) bond motifs is 1. The molecule has 2 aromatic rings. The van der Waals surface area contributed by atoms with Gasteiger partial charge in [-0.25, -0.2) is 0 Å².